The quantitative estimate of drug-likeness (QED) is 0.858. The number of hydrogen-bond acceptors (Lipinski definition) is 4. The first-order valence-electron chi connectivity index (χ1n) is 7.21. The van der Waals surface area contributed by atoms with Crippen molar-refractivity contribution < 1.29 is 14.3 Å². The van der Waals surface area contributed by atoms with Crippen LogP contribution in [0.1, 0.15) is 32.3 Å². The van der Waals surface area contributed by atoms with Crippen molar-refractivity contribution in [3.8, 4) is 11.8 Å². The third kappa shape index (κ3) is 4.38. The molecule has 2 rings (SSSR count). The number of amides is 1. The van der Waals surface area contributed by atoms with Crippen molar-refractivity contribution in [1.29, 1.82) is 5.26 Å². The van der Waals surface area contributed by atoms with Gasteiger partial charge in [-0.25, -0.2) is 4.79 Å². The molecule has 1 saturated heterocycles. The van der Waals surface area contributed by atoms with Crippen molar-refractivity contribution in [2.24, 2.45) is 0 Å². The van der Waals surface area contributed by atoms with Crippen LogP contribution in [0.5, 0.6) is 5.75 Å². The summed E-state index contributed by atoms with van der Waals surface area (Å²) in [4.78, 5) is 13.5. The van der Waals surface area contributed by atoms with Crippen LogP contribution in [0, 0.1) is 11.3 Å². The fourth-order valence-electron chi connectivity index (χ4n) is 2.23. The molecule has 0 saturated carbocycles. The van der Waals surface area contributed by atoms with Crippen LogP contribution in [0.15, 0.2) is 24.3 Å². The number of ether oxygens (including phenoxy) is 2. The number of benzene rings is 1. The molecule has 112 valence electrons. The van der Waals surface area contributed by atoms with E-state index in [1.807, 2.05) is 13.8 Å². The summed E-state index contributed by atoms with van der Waals surface area (Å²) in [5.74, 6) is 0.761. The predicted molar refractivity (Wildman–Crippen MR) is 78.0 cm³/mol. The van der Waals surface area contributed by atoms with Crippen molar-refractivity contribution in [3.63, 3.8) is 0 Å². The third-order valence-electron chi connectivity index (χ3n) is 3.32. The number of rotatable bonds is 3. The van der Waals surface area contributed by atoms with Gasteiger partial charge in [-0.1, -0.05) is 0 Å². The van der Waals surface area contributed by atoms with Crippen molar-refractivity contribution in [2.75, 3.05) is 13.1 Å². The van der Waals surface area contributed by atoms with E-state index in [2.05, 4.69) is 6.07 Å². The van der Waals surface area contributed by atoms with Crippen LogP contribution in [0.2, 0.25) is 0 Å². The Hall–Kier alpha value is -2.22. The van der Waals surface area contributed by atoms with Gasteiger partial charge in [-0.15, -0.1) is 0 Å². The van der Waals surface area contributed by atoms with Crippen molar-refractivity contribution in [3.05, 3.63) is 29.8 Å². The van der Waals surface area contributed by atoms with E-state index in [0.717, 1.165) is 18.6 Å². The molecule has 1 fully saturated rings. The number of piperidine rings is 1. The Balaban J connectivity index is 1.81. The van der Waals surface area contributed by atoms with Gasteiger partial charge in [0.1, 0.15) is 11.9 Å². The van der Waals surface area contributed by atoms with Crippen molar-refractivity contribution >= 4 is 6.09 Å². The third-order valence-corrected chi connectivity index (χ3v) is 3.32. The first kappa shape index (κ1) is 15.2. The number of nitrogens with zero attached hydrogens (tertiary/aromatic N) is 2. The lowest BCUT2D eigenvalue weighted by Gasteiger charge is -2.32. The van der Waals surface area contributed by atoms with Gasteiger partial charge in [-0.05, 0) is 38.1 Å². The molecule has 0 bridgehead atoms. The van der Waals surface area contributed by atoms with Crippen LogP contribution in [0.3, 0.4) is 0 Å². The van der Waals surface area contributed by atoms with E-state index in [1.54, 1.807) is 29.2 Å². The Morgan fingerprint density at radius 1 is 1.29 bits per heavy atom. The fourth-order valence-corrected chi connectivity index (χ4v) is 2.23. The highest BCUT2D eigenvalue weighted by Crippen LogP contribution is 2.20. The molecule has 5 nitrogen and oxygen atoms in total. The van der Waals surface area contributed by atoms with Crippen LogP contribution in [0.4, 0.5) is 4.79 Å². The molecule has 1 aliphatic heterocycles. The molecule has 5 heteroatoms. The minimum absolute atomic E-state index is 0.0925. The van der Waals surface area contributed by atoms with Gasteiger partial charge >= 0.3 is 6.09 Å². The number of hydrogen-bond donors (Lipinski definition) is 0. The summed E-state index contributed by atoms with van der Waals surface area (Å²) in [6.07, 6.45) is 1.33. The minimum Gasteiger partial charge on any atom is -0.490 e. The van der Waals surface area contributed by atoms with E-state index in [4.69, 9.17) is 14.7 Å². The molecular weight excluding hydrogens is 268 g/mol. The summed E-state index contributed by atoms with van der Waals surface area (Å²) in [6, 6.07) is 9.17. The maximum atomic E-state index is 11.8. The Bertz CT molecular complexity index is 511. The predicted octanol–water partition coefficient (Wildman–Crippen LogP) is 2.95. The van der Waals surface area contributed by atoms with Gasteiger partial charge in [0.25, 0.3) is 0 Å². The average Bonchev–Trinajstić information content (AvgIpc) is 2.48. The topological polar surface area (TPSA) is 62.6 Å². The van der Waals surface area contributed by atoms with E-state index in [9.17, 15) is 4.79 Å². The van der Waals surface area contributed by atoms with Gasteiger partial charge in [-0.3, -0.25) is 0 Å². The van der Waals surface area contributed by atoms with E-state index in [0.29, 0.717) is 18.7 Å². The van der Waals surface area contributed by atoms with Crippen molar-refractivity contribution in [1.82, 2.24) is 4.90 Å². The highest BCUT2D eigenvalue weighted by atomic mass is 16.6. The smallest absolute Gasteiger partial charge is 0.410 e. The Kier molecular flexibility index (Phi) is 5.04. The zero-order valence-electron chi connectivity index (χ0n) is 12.4. The first-order chi connectivity index (χ1) is 10.1. The normalized spacial score (nSPS) is 15.6. The standard InChI is InChI=1S/C16H20N2O3/c1-12(2)20-16(19)18-9-7-15(8-10-18)21-14-5-3-13(11-17)4-6-14/h3-6,12,15H,7-10H2,1-2H3. The monoisotopic (exact) mass is 288 g/mol. The molecule has 1 aromatic rings. The number of nitriles is 1. The summed E-state index contributed by atoms with van der Waals surface area (Å²) >= 11 is 0. The second-order valence-electron chi connectivity index (χ2n) is 5.37. The van der Waals surface area contributed by atoms with Gasteiger partial charge < -0.3 is 14.4 Å². The zero-order chi connectivity index (χ0) is 15.2. The molecule has 0 aliphatic carbocycles. The molecule has 0 N–H and O–H groups in total. The van der Waals surface area contributed by atoms with Crippen LogP contribution >= 0.6 is 0 Å². The van der Waals surface area contributed by atoms with E-state index in [1.165, 1.54) is 0 Å². The molecule has 1 aromatic carbocycles. The van der Waals surface area contributed by atoms with Crippen molar-refractivity contribution in [2.45, 2.75) is 38.9 Å². The number of carbonyl (C=O) groups excluding carboxylic acids is 1. The summed E-state index contributed by atoms with van der Waals surface area (Å²) in [7, 11) is 0. The van der Waals surface area contributed by atoms with Crippen LogP contribution in [-0.2, 0) is 4.74 Å². The van der Waals surface area contributed by atoms with Gasteiger partial charge in [0, 0.05) is 25.9 Å². The summed E-state index contributed by atoms with van der Waals surface area (Å²) < 4.78 is 11.1. The molecule has 1 amide bonds. The van der Waals surface area contributed by atoms with E-state index < -0.39 is 0 Å². The molecule has 21 heavy (non-hydrogen) atoms. The zero-order valence-corrected chi connectivity index (χ0v) is 12.4. The summed E-state index contributed by atoms with van der Waals surface area (Å²) in [6.45, 7) is 4.98. The van der Waals surface area contributed by atoms with Gasteiger partial charge in [-0.2, -0.15) is 5.26 Å². The van der Waals surface area contributed by atoms with Crippen LogP contribution in [-0.4, -0.2) is 36.3 Å². The first-order valence-corrected chi connectivity index (χ1v) is 7.21. The second kappa shape index (κ2) is 6.98. The van der Waals surface area contributed by atoms with E-state index in [-0.39, 0.29) is 18.3 Å². The van der Waals surface area contributed by atoms with E-state index >= 15 is 0 Å². The number of likely N-dealkylation sites (tertiary alicyclic amines) is 1. The largest absolute Gasteiger partial charge is 0.490 e. The second-order valence-corrected chi connectivity index (χ2v) is 5.37. The lowest BCUT2D eigenvalue weighted by atomic mass is 10.1. The molecule has 0 aromatic heterocycles. The highest BCUT2D eigenvalue weighted by Gasteiger charge is 2.25. The summed E-state index contributed by atoms with van der Waals surface area (Å²) in [5, 5.41) is 8.75. The average molecular weight is 288 g/mol. The maximum Gasteiger partial charge on any atom is 0.410 e. The molecule has 1 aliphatic rings. The molecule has 0 atom stereocenters. The molecule has 0 unspecified atom stereocenters. The minimum atomic E-state index is -0.248. The lowest BCUT2D eigenvalue weighted by Crippen LogP contribution is -2.42. The van der Waals surface area contributed by atoms with Gasteiger partial charge in [0.05, 0.1) is 17.7 Å². The fraction of sp³-hybridized carbons (Fsp3) is 0.500. The molecule has 0 spiro atoms. The van der Waals surface area contributed by atoms with Crippen LogP contribution in [0.25, 0.3) is 0 Å². The Morgan fingerprint density at radius 2 is 1.90 bits per heavy atom. The molecule has 0 radical (unpaired) electrons. The molecule has 1 heterocycles. The molecular formula is C16H20N2O3. The lowest BCUT2D eigenvalue weighted by molar-refractivity contribution is 0.0517. The summed E-state index contributed by atoms with van der Waals surface area (Å²) in [5.41, 5.74) is 0.619. The SMILES string of the molecule is CC(C)OC(=O)N1CCC(Oc2ccc(C#N)cc2)CC1. The highest BCUT2D eigenvalue weighted by molar-refractivity contribution is 5.67. The maximum absolute atomic E-state index is 11.8. The van der Waals surface area contributed by atoms with Gasteiger partial charge in [0.2, 0.25) is 0 Å². The Morgan fingerprint density at radius 3 is 2.43 bits per heavy atom. The van der Waals surface area contributed by atoms with Crippen LogP contribution < -0.4 is 4.74 Å². The van der Waals surface area contributed by atoms with Gasteiger partial charge in [0.15, 0.2) is 0 Å². The number of carbonyl (C=O) groups is 1. The Labute approximate surface area is 125 Å².